The summed E-state index contributed by atoms with van der Waals surface area (Å²) in [6.45, 7) is 3.90. The van der Waals surface area contributed by atoms with E-state index in [9.17, 15) is 9.59 Å². The monoisotopic (exact) mass is 338 g/mol. The first-order chi connectivity index (χ1) is 12.1. The van der Waals surface area contributed by atoms with Gasteiger partial charge in [-0.2, -0.15) is 0 Å². The highest BCUT2D eigenvalue weighted by atomic mass is 16.5. The number of hydrogen-bond donors (Lipinski definition) is 0. The number of ether oxygens (including phenoxy) is 2. The van der Waals surface area contributed by atoms with Gasteiger partial charge in [-0.05, 0) is 32.0 Å². The maximum absolute atomic E-state index is 12.3. The van der Waals surface area contributed by atoms with Gasteiger partial charge >= 0.3 is 5.97 Å². The summed E-state index contributed by atoms with van der Waals surface area (Å²) in [6, 6.07) is 14.0. The standard InChI is InChI=1S/C20H18O5/c1-3-23-15-9-10-18-16(11-15)13(2)19(25-18)20(22)24-12-17(21)14-7-5-4-6-8-14/h4-11H,3,12H2,1-2H3. The van der Waals surface area contributed by atoms with Gasteiger partial charge in [0.05, 0.1) is 6.61 Å². The van der Waals surface area contributed by atoms with E-state index in [1.54, 1.807) is 43.3 Å². The van der Waals surface area contributed by atoms with E-state index in [1.165, 1.54) is 0 Å². The zero-order valence-electron chi connectivity index (χ0n) is 14.1. The van der Waals surface area contributed by atoms with Gasteiger partial charge in [0.15, 0.2) is 12.4 Å². The highest BCUT2D eigenvalue weighted by Gasteiger charge is 2.20. The Hall–Kier alpha value is -3.08. The van der Waals surface area contributed by atoms with Crippen molar-refractivity contribution in [3.05, 3.63) is 65.4 Å². The molecule has 0 bridgehead atoms. The van der Waals surface area contributed by atoms with Gasteiger partial charge in [0.2, 0.25) is 5.76 Å². The first-order valence-corrected chi connectivity index (χ1v) is 8.01. The molecule has 0 fully saturated rings. The number of esters is 1. The fourth-order valence-electron chi connectivity index (χ4n) is 2.56. The Morgan fingerprint density at radius 3 is 2.56 bits per heavy atom. The lowest BCUT2D eigenvalue weighted by Gasteiger charge is -2.03. The molecule has 0 aliphatic heterocycles. The molecule has 25 heavy (non-hydrogen) atoms. The summed E-state index contributed by atoms with van der Waals surface area (Å²) in [5, 5.41) is 0.785. The van der Waals surface area contributed by atoms with Gasteiger partial charge in [-0.3, -0.25) is 4.79 Å². The van der Waals surface area contributed by atoms with Gasteiger partial charge in [-0.1, -0.05) is 30.3 Å². The molecule has 3 aromatic rings. The largest absolute Gasteiger partial charge is 0.494 e. The molecule has 0 radical (unpaired) electrons. The maximum Gasteiger partial charge on any atom is 0.375 e. The van der Waals surface area contributed by atoms with E-state index in [2.05, 4.69) is 0 Å². The molecule has 1 heterocycles. The lowest BCUT2D eigenvalue weighted by atomic mass is 10.1. The summed E-state index contributed by atoms with van der Waals surface area (Å²) in [4.78, 5) is 24.3. The number of rotatable bonds is 6. The Morgan fingerprint density at radius 2 is 1.84 bits per heavy atom. The van der Waals surface area contributed by atoms with E-state index in [0.29, 0.717) is 29.1 Å². The number of carbonyl (C=O) groups is 2. The lowest BCUT2D eigenvalue weighted by molar-refractivity contribution is 0.0445. The van der Waals surface area contributed by atoms with Crippen LogP contribution in [0.4, 0.5) is 0 Å². The van der Waals surface area contributed by atoms with Crippen LogP contribution >= 0.6 is 0 Å². The molecule has 0 amide bonds. The van der Waals surface area contributed by atoms with Crippen molar-refractivity contribution in [1.29, 1.82) is 0 Å². The number of ketones is 1. The molecule has 128 valence electrons. The van der Waals surface area contributed by atoms with Crippen molar-refractivity contribution in [2.75, 3.05) is 13.2 Å². The molecule has 5 heteroatoms. The van der Waals surface area contributed by atoms with E-state index < -0.39 is 5.97 Å². The predicted octanol–water partition coefficient (Wildman–Crippen LogP) is 4.18. The van der Waals surface area contributed by atoms with E-state index in [1.807, 2.05) is 19.1 Å². The number of carbonyl (C=O) groups excluding carboxylic acids is 2. The Morgan fingerprint density at radius 1 is 1.08 bits per heavy atom. The van der Waals surface area contributed by atoms with E-state index in [-0.39, 0.29) is 18.2 Å². The number of benzene rings is 2. The van der Waals surface area contributed by atoms with Crippen LogP contribution in [0.25, 0.3) is 11.0 Å². The molecule has 0 saturated carbocycles. The van der Waals surface area contributed by atoms with Gasteiger partial charge in [0, 0.05) is 16.5 Å². The van der Waals surface area contributed by atoms with E-state index >= 15 is 0 Å². The molecular weight excluding hydrogens is 320 g/mol. The SMILES string of the molecule is CCOc1ccc2oc(C(=O)OCC(=O)c3ccccc3)c(C)c2c1. The molecule has 1 aromatic heterocycles. The average molecular weight is 338 g/mol. The first kappa shape index (κ1) is 16.8. The molecule has 0 atom stereocenters. The van der Waals surface area contributed by atoms with Crippen molar-refractivity contribution in [2.24, 2.45) is 0 Å². The van der Waals surface area contributed by atoms with Crippen molar-refractivity contribution in [3.8, 4) is 5.75 Å². The smallest absolute Gasteiger partial charge is 0.375 e. The number of fused-ring (bicyclic) bond motifs is 1. The van der Waals surface area contributed by atoms with Crippen LogP contribution in [0, 0.1) is 6.92 Å². The molecule has 3 rings (SSSR count). The Kier molecular flexibility index (Phi) is 4.84. The van der Waals surface area contributed by atoms with Gasteiger partial charge < -0.3 is 13.9 Å². The summed E-state index contributed by atoms with van der Waals surface area (Å²) in [5.41, 5.74) is 1.73. The minimum atomic E-state index is -0.657. The first-order valence-electron chi connectivity index (χ1n) is 8.01. The van der Waals surface area contributed by atoms with Crippen LogP contribution in [-0.4, -0.2) is 25.0 Å². The second-order valence-corrected chi connectivity index (χ2v) is 5.51. The van der Waals surface area contributed by atoms with Crippen LogP contribution in [0.3, 0.4) is 0 Å². The summed E-state index contributed by atoms with van der Waals surface area (Å²) >= 11 is 0. The Labute approximate surface area is 145 Å². The third kappa shape index (κ3) is 3.55. The van der Waals surface area contributed by atoms with Gasteiger partial charge in [-0.15, -0.1) is 0 Å². The Balaban J connectivity index is 1.76. The second kappa shape index (κ2) is 7.21. The van der Waals surface area contributed by atoms with Crippen LogP contribution in [-0.2, 0) is 4.74 Å². The predicted molar refractivity (Wildman–Crippen MR) is 93.2 cm³/mol. The minimum absolute atomic E-state index is 0.101. The molecular formula is C20H18O5. The fourth-order valence-corrected chi connectivity index (χ4v) is 2.56. The topological polar surface area (TPSA) is 65.7 Å². The second-order valence-electron chi connectivity index (χ2n) is 5.51. The molecule has 0 unspecified atom stereocenters. The summed E-state index contributed by atoms with van der Waals surface area (Å²) in [7, 11) is 0. The van der Waals surface area contributed by atoms with Crippen molar-refractivity contribution < 1.29 is 23.5 Å². The molecule has 5 nitrogen and oxygen atoms in total. The van der Waals surface area contributed by atoms with Gasteiger partial charge in [0.25, 0.3) is 0 Å². The zero-order valence-corrected chi connectivity index (χ0v) is 14.1. The summed E-state index contributed by atoms with van der Waals surface area (Å²) < 4.78 is 16.2. The van der Waals surface area contributed by atoms with Gasteiger partial charge in [0.1, 0.15) is 11.3 Å². The van der Waals surface area contributed by atoms with Crippen molar-refractivity contribution >= 4 is 22.7 Å². The third-order valence-electron chi connectivity index (χ3n) is 3.83. The van der Waals surface area contributed by atoms with Crippen LogP contribution in [0.1, 0.15) is 33.4 Å². The quantitative estimate of drug-likeness (QED) is 0.498. The summed E-state index contributed by atoms with van der Waals surface area (Å²) in [6.07, 6.45) is 0. The fraction of sp³-hybridized carbons (Fsp3) is 0.200. The summed E-state index contributed by atoms with van der Waals surface area (Å²) in [5.74, 6) is -0.111. The zero-order chi connectivity index (χ0) is 17.8. The van der Waals surface area contributed by atoms with Crippen LogP contribution in [0.2, 0.25) is 0 Å². The van der Waals surface area contributed by atoms with Crippen LogP contribution in [0.5, 0.6) is 5.75 Å². The molecule has 2 aromatic carbocycles. The van der Waals surface area contributed by atoms with Crippen molar-refractivity contribution in [2.45, 2.75) is 13.8 Å². The maximum atomic E-state index is 12.3. The minimum Gasteiger partial charge on any atom is -0.494 e. The number of furan rings is 1. The molecule has 0 aliphatic carbocycles. The Bertz CT molecular complexity index is 908. The van der Waals surface area contributed by atoms with E-state index in [0.717, 1.165) is 5.39 Å². The van der Waals surface area contributed by atoms with E-state index in [4.69, 9.17) is 13.9 Å². The molecule has 0 aliphatic rings. The van der Waals surface area contributed by atoms with Crippen molar-refractivity contribution in [3.63, 3.8) is 0 Å². The average Bonchev–Trinajstić information content (AvgIpc) is 2.97. The molecule has 0 saturated heterocycles. The lowest BCUT2D eigenvalue weighted by Crippen LogP contribution is -2.14. The van der Waals surface area contributed by atoms with Crippen molar-refractivity contribution in [1.82, 2.24) is 0 Å². The number of Topliss-reactive ketones (excluding diaryl/α,β-unsaturated/α-hetero) is 1. The number of aryl methyl sites for hydroxylation is 1. The molecule has 0 N–H and O–H groups in total. The molecule has 0 spiro atoms. The highest BCUT2D eigenvalue weighted by molar-refractivity contribution is 6.00. The van der Waals surface area contributed by atoms with Gasteiger partial charge in [-0.25, -0.2) is 4.79 Å². The van der Waals surface area contributed by atoms with Crippen LogP contribution in [0.15, 0.2) is 52.9 Å². The van der Waals surface area contributed by atoms with Crippen LogP contribution < -0.4 is 4.74 Å². The number of hydrogen-bond acceptors (Lipinski definition) is 5. The normalized spacial score (nSPS) is 10.6. The highest BCUT2D eigenvalue weighted by Crippen LogP contribution is 2.29. The third-order valence-corrected chi connectivity index (χ3v) is 3.83.